The summed E-state index contributed by atoms with van der Waals surface area (Å²) in [6.45, 7) is 7.57. The van der Waals surface area contributed by atoms with Crippen molar-refractivity contribution in [2.45, 2.75) is 45.9 Å². The Kier molecular flexibility index (Phi) is 8.09. The molecule has 2 rings (SSSR count). The molecule has 0 aromatic heterocycles. The van der Waals surface area contributed by atoms with Crippen molar-refractivity contribution in [2.24, 2.45) is 0 Å². The lowest BCUT2D eigenvalue weighted by Crippen LogP contribution is -2.40. The average Bonchev–Trinajstić information content (AvgIpc) is 2.69. The van der Waals surface area contributed by atoms with Crippen molar-refractivity contribution in [3.05, 3.63) is 59.7 Å². The highest BCUT2D eigenvalue weighted by Gasteiger charge is 2.22. The van der Waals surface area contributed by atoms with Crippen molar-refractivity contribution in [3.8, 4) is 11.5 Å². The smallest absolute Gasteiger partial charge is 0.407 e. The van der Waals surface area contributed by atoms with Gasteiger partial charge in [-0.05, 0) is 45.4 Å². The molecule has 0 aliphatic carbocycles. The van der Waals surface area contributed by atoms with Crippen LogP contribution in [-0.2, 0) is 16.1 Å². The molecule has 7 heteroatoms. The molecule has 1 N–H and O–H groups in total. The second-order valence-electron chi connectivity index (χ2n) is 7.75. The van der Waals surface area contributed by atoms with Crippen LogP contribution in [0, 0.1) is 0 Å². The molecule has 1 amide bonds. The highest BCUT2D eigenvalue weighted by Crippen LogP contribution is 2.30. The third-order valence-electron chi connectivity index (χ3n) is 3.87. The number of methoxy groups -OCH3 is 1. The molecule has 0 fully saturated rings. The Bertz CT molecular complexity index is 845. The molecule has 0 saturated heterocycles. The molecule has 0 unspecified atom stereocenters. The zero-order valence-corrected chi connectivity index (χ0v) is 18.1. The van der Waals surface area contributed by atoms with Crippen molar-refractivity contribution < 1.29 is 28.5 Å². The Morgan fingerprint density at radius 1 is 0.967 bits per heavy atom. The highest BCUT2D eigenvalue weighted by molar-refractivity contribution is 5.95. The van der Waals surface area contributed by atoms with Crippen molar-refractivity contribution in [1.82, 2.24) is 5.32 Å². The lowest BCUT2D eigenvalue weighted by molar-refractivity contribution is 0.0489. The van der Waals surface area contributed by atoms with Gasteiger partial charge in [0.1, 0.15) is 35.9 Å². The molecular formula is C23H29NO6. The fourth-order valence-electron chi connectivity index (χ4n) is 2.56. The Morgan fingerprint density at radius 2 is 1.60 bits per heavy atom. The van der Waals surface area contributed by atoms with E-state index in [-0.39, 0.29) is 18.2 Å². The monoisotopic (exact) mass is 415 g/mol. The molecule has 162 valence electrons. The Hall–Kier alpha value is -3.22. The van der Waals surface area contributed by atoms with Crippen molar-refractivity contribution >= 4 is 12.1 Å². The summed E-state index contributed by atoms with van der Waals surface area (Å²) in [5, 5.41) is 2.70. The van der Waals surface area contributed by atoms with E-state index in [2.05, 4.69) is 5.32 Å². The molecule has 0 aliphatic rings. The molecule has 30 heavy (non-hydrogen) atoms. The van der Waals surface area contributed by atoms with Gasteiger partial charge in [0, 0.05) is 0 Å². The summed E-state index contributed by atoms with van der Waals surface area (Å²) in [6, 6.07) is 14.3. The lowest BCUT2D eigenvalue weighted by atomic mass is 10.1. The van der Waals surface area contributed by atoms with Crippen LogP contribution in [0.2, 0.25) is 0 Å². The topological polar surface area (TPSA) is 83.1 Å². The van der Waals surface area contributed by atoms with E-state index in [9.17, 15) is 9.59 Å². The van der Waals surface area contributed by atoms with E-state index in [0.29, 0.717) is 18.1 Å². The summed E-state index contributed by atoms with van der Waals surface area (Å²) in [5.74, 6) is 0.0997. The van der Waals surface area contributed by atoms with Gasteiger partial charge < -0.3 is 24.3 Å². The Balaban J connectivity index is 2.07. The number of esters is 1. The van der Waals surface area contributed by atoms with Gasteiger partial charge in [-0.1, -0.05) is 36.4 Å². The predicted octanol–water partition coefficient (Wildman–Crippen LogP) is 4.34. The van der Waals surface area contributed by atoms with Crippen LogP contribution in [0.1, 0.15) is 43.6 Å². The molecule has 0 aliphatic heterocycles. The molecule has 2 aromatic carbocycles. The van der Waals surface area contributed by atoms with Crippen LogP contribution in [-0.4, -0.2) is 37.4 Å². The van der Waals surface area contributed by atoms with Crippen molar-refractivity contribution in [1.29, 1.82) is 0 Å². The van der Waals surface area contributed by atoms with Crippen molar-refractivity contribution in [3.63, 3.8) is 0 Å². The van der Waals surface area contributed by atoms with Gasteiger partial charge in [0.25, 0.3) is 0 Å². The largest absolute Gasteiger partial charge is 0.490 e. The minimum absolute atomic E-state index is 0.130. The maximum absolute atomic E-state index is 12.4. The third kappa shape index (κ3) is 7.31. The Morgan fingerprint density at radius 3 is 2.20 bits per heavy atom. The molecule has 0 saturated carbocycles. The van der Waals surface area contributed by atoms with E-state index >= 15 is 0 Å². The number of ether oxygens (including phenoxy) is 4. The number of hydrogen-bond acceptors (Lipinski definition) is 6. The van der Waals surface area contributed by atoms with Gasteiger partial charge in [-0.25, -0.2) is 9.59 Å². The van der Waals surface area contributed by atoms with E-state index in [0.717, 1.165) is 5.56 Å². The second-order valence-corrected chi connectivity index (χ2v) is 7.75. The highest BCUT2D eigenvalue weighted by atomic mass is 16.6. The molecule has 0 heterocycles. The van der Waals surface area contributed by atoms with E-state index in [4.69, 9.17) is 18.9 Å². The molecular weight excluding hydrogens is 386 g/mol. The minimum atomic E-state index is -0.590. The van der Waals surface area contributed by atoms with Gasteiger partial charge in [0.2, 0.25) is 0 Å². The average molecular weight is 415 g/mol. The standard InChI is InChI=1S/C23H29NO6/c1-16(24-22(26)30-23(2,3)4)14-28-18-12-9-13-19(20(18)21(25)27-5)29-15-17-10-7-6-8-11-17/h6-13,16H,14-15H2,1-5H3,(H,24,26)/t16-/m0/s1. The van der Waals surface area contributed by atoms with Crippen LogP contribution in [0.4, 0.5) is 4.79 Å². The first-order valence-electron chi connectivity index (χ1n) is 9.70. The number of hydrogen-bond donors (Lipinski definition) is 1. The number of amides is 1. The molecule has 0 radical (unpaired) electrons. The van der Waals surface area contributed by atoms with Gasteiger partial charge in [-0.15, -0.1) is 0 Å². The van der Waals surface area contributed by atoms with Crippen LogP contribution in [0.5, 0.6) is 11.5 Å². The zero-order chi connectivity index (χ0) is 22.1. The SMILES string of the molecule is COC(=O)c1c(OCc2ccccc2)cccc1OC[C@H](C)NC(=O)OC(C)(C)C. The maximum Gasteiger partial charge on any atom is 0.407 e. The summed E-state index contributed by atoms with van der Waals surface area (Å²) >= 11 is 0. The summed E-state index contributed by atoms with van der Waals surface area (Å²) in [5.41, 5.74) is 0.572. The summed E-state index contributed by atoms with van der Waals surface area (Å²) < 4.78 is 21.8. The molecule has 2 aromatic rings. The normalized spacial score (nSPS) is 11.9. The number of carbonyl (C=O) groups is 2. The second kappa shape index (κ2) is 10.5. The van der Waals surface area contributed by atoms with Crippen LogP contribution in [0.15, 0.2) is 48.5 Å². The first-order chi connectivity index (χ1) is 14.2. The van der Waals surface area contributed by atoms with E-state index in [1.165, 1.54) is 7.11 Å². The lowest BCUT2D eigenvalue weighted by Gasteiger charge is -2.22. The Labute approximate surface area is 177 Å². The van der Waals surface area contributed by atoms with Crippen LogP contribution in [0.3, 0.4) is 0 Å². The molecule has 7 nitrogen and oxygen atoms in total. The number of benzene rings is 2. The fraction of sp³-hybridized carbons (Fsp3) is 0.391. The number of nitrogens with one attached hydrogen (secondary N) is 1. The zero-order valence-electron chi connectivity index (χ0n) is 18.1. The first-order valence-corrected chi connectivity index (χ1v) is 9.70. The van der Waals surface area contributed by atoms with Crippen molar-refractivity contribution in [2.75, 3.05) is 13.7 Å². The number of carbonyl (C=O) groups excluding carboxylic acids is 2. The molecule has 0 bridgehead atoms. The first kappa shape index (κ1) is 23.1. The van der Waals surface area contributed by atoms with Gasteiger partial charge in [-0.2, -0.15) is 0 Å². The van der Waals surface area contributed by atoms with Crippen LogP contribution >= 0.6 is 0 Å². The fourth-order valence-corrected chi connectivity index (χ4v) is 2.56. The summed E-state index contributed by atoms with van der Waals surface area (Å²) in [6.07, 6.45) is -0.535. The van der Waals surface area contributed by atoms with Crippen LogP contribution in [0.25, 0.3) is 0 Å². The van der Waals surface area contributed by atoms with E-state index in [1.807, 2.05) is 30.3 Å². The van der Waals surface area contributed by atoms with Gasteiger partial charge in [0.15, 0.2) is 0 Å². The number of rotatable bonds is 8. The third-order valence-corrected chi connectivity index (χ3v) is 3.87. The maximum atomic E-state index is 12.4. The van der Waals surface area contributed by atoms with E-state index < -0.39 is 17.7 Å². The van der Waals surface area contributed by atoms with E-state index in [1.54, 1.807) is 45.9 Å². The van der Waals surface area contributed by atoms with Gasteiger partial charge in [0.05, 0.1) is 13.2 Å². The molecule has 1 atom stereocenters. The predicted molar refractivity (Wildman–Crippen MR) is 113 cm³/mol. The summed E-state index contributed by atoms with van der Waals surface area (Å²) in [7, 11) is 1.30. The van der Waals surface area contributed by atoms with Gasteiger partial charge in [-0.3, -0.25) is 0 Å². The minimum Gasteiger partial charge on any atom is -0.490 e. The quantitative estimate of drug-likeness (QED) is 0.646. The van der Waals surface area contributed by atoms with Crippen LogP contribution < -0.4 is 14.8 Å². The van der Waals surface area contributed by atoms with Gasteiger partial charge >= 0.3 is 12.1 Å². The number of alkyl carbamates (subject to hydrolysis) is 1. The molecule has 0 spiro atoms. The summed E-state index contributed by atoms with van der Waals surface area (Å²) in [4.78, 5) is 24.3.